The number of rotatable bonds is 6. The molecule has 0 aromatic heterocycles. The van der Waals surface area contributed by atoms with Crippen LogP contribution in [-0.4, -0.2) is 35.0 Å². The van der Waals surface area contributed by atoms with Crippen molar-refractivity contribution in [3.8, 4) is 5.75 Å². The topological polar surface area (TPSA) is 23.5 Å². The van der Waals surface area contributed by atoms with Gasteiger partial charge in [-0.3, -0.25) is 0 Å². The van der Waals surface area contributed by atoms with Crippen LogP contribution >= 0.6 is 11.6 Å². The average Bonchev–Trinajstić information content (AvgIpc) is 2.43. The van der Waals surface area contributed by atoms with Crippen LogP contribution in [0, 0.1) is 0 Å². The lowest BCUT2D eigenvalue weighted by Gasteiger charge is -2.35. The summed E-state index contributed by atoms with van der Waals surface area (Å²) in [5.74, 6) is 1.21. The summed E-state index contributed by atoms with van der Waals surface area (Å²) >= 11 is 5.83. The lowest BCUT2D eigenvalue weighted by molar-refractivity contribution is 0.180. The zero-order valence-corrected chi connectivity index (χ0v) is 12.5. The van der Waals surface area contributed by atoms with E-state index in [0.717, 1.165) is 50.2 Å². The molecule has 1 aliphatic rings. The molecule has 0 saturated carbocycles. The minimum Gasteiger partial charge on any atom is -0.508 e. The summed E-state index contributed by atoms with van der Waals surface area (Å²) in [6.45, 7) is 4.47. The minimum atomic E-state index is 0.471. The summed E-state index contributed by atoms with van der Waals surface area (Å²) in [6.07, 6.45) is 5.45. The van der Waals surface area contributed by atoms with Gasteiger partial charge >= 0.3 is 0 Å². The first-order valence-corrected chi connectivity index (χ1v) is 7.89. The Hall–Kier alpha value is -0.730. The van der Waals surface area contributed by atoms with E-state index in [1.54, 1.807) is 6.07 Å². The second-order valence-electron chi connectivity index (χ2n) is 5.39. The number of nitrogens with zero attached hydrogens (tertiary/aromatic N) is 1. The van der Waals surface area contributed by atoms with Gasteiger partial charge < -0.3 is 10.0 Å². The zero-order valence-electron chi connectivity index (χ0n) is 11.7. The van der Waals surface area contributed by atoms with Crippen molar-refractivity contribution in [2.45, 2.75) is 45.1 Å². The molecule has 0 amide bonds. The maximum atomic E-state index is 9.89. The molecule has 1 aromatic carbocycles. The standard InChI is InChI=1S/C16H24ClNO/c1-2-10-18(11-4-9-17)14-7-8-15-13(12-14)5-3-6-16(15)19/h3,5-6,14,19H,2,4,7-12H2,1H3/t14-/m1/s1. The van der Waals surface area contributed by atoms with Crippen molar-refractivity contribution in [2.75, 3.05) is 19.0 Å². The fourth-order valence-corrected chi connectivity index (χ4v) is 3.23. The van der Waals surface area contributed by atoms with E-state index in [4.69, 9.17) is 11.6 Å². The molecule has 0 aliphatic heterocycles. The fourth-order valence-electron chi connectivity index (χ4n) is 3.11. The van der Waals surface area contributed by atoms with Crippen molar-refractivity contribution >= 4 is 11.6 Å². The maximum Gasteiger partial charge on any atom is 0.119 e. The second kappa shape index (κ2) is 7.16. The number of hydrogen-bond donors (Lipinski definition) is 1. The van der Waals surface area contributed by atoms with Crippen LogP contribution < -0.4 is 0 Å². The van der Waals surface area contributed by atoms with E-state index < -0.39 is 0 Å². The predicted molar refractivity (Wildman–Crippen MR) is 81.1 cm³/mol. The highest BCUT2D eigenvalue weighted by Crippen LogP contribution is 2.30. The average molecular weight is 282 g/mol. The van der Waals surface area contributed by atoms with Crippen molar-refractivity contribution in [2.24, 2.45) is 0 Å². The highest BCUT2D eigenvalue weighted by atomic mass is 35.5. The molecule has 3 heteroatoms. The van der Waals surface area contributed by atoms with Gasteiger partial charge in [0.15, 0.2) is 0 Å². The number of fused-ring (bicyclic) bond motifs is 1. The molecule has 0 saturated heterocycles. The summed E-state index contributed by atoms with van der Waals surface area (Å²) in [7, 11) is 0. The van der Waals surface area contributed by atoms with E-state index in [0.29, 0.717) is 11.8 Å². The van der Waals surface area contributed by atoms with Gasteiger partial charge in [0.25, 0.3) is 0 Å². The molecule has 1 aliphatic carbocycles. The Morgan fingerprint density at radius 1 is 1.37 bits per heavy atom. The lowest BCUT2D eigenvalue weighted by atomic mass is 9.86. The summed E-state index contributed by atoms with van der Waals surface area (Å²) in [6, 6.07) is 6.53. The number of phenols is 1. The van der Waals surface area contributed by atoms with Crippen molar-refractivity contribution < 1.29 is 5.11 Å². The van der Waals surface area contributed by atoms with E-state index >= 15 is 0 Å². The van der Waals surface area contributed by atoms with Gasteiger partial charge in [0, 0.05) is 11.9 Å². The zero-order chi connectivity index (χ0) is 13.7. The van der Waals surface area contributed by atoms with Crippen LogP contribution in [0.1, 0.15) is 37.3 Å². The second-order valence-corrected chi connectivity index (χ2v) is 5.77. The Bertz CT molecular complexity index is 408. The predicted octanol–water partition coefficient (Wildman–Crippen LogP) is 3.59. The third kappa shape index (κ3) is 3.64. The molecule has 19 heavy (non-hydrogen) atoms. The SMILES string of the molecule is CCCN(CCCCl)[C@@H]1CCc2c(O)cccc2C1. The third-order valence-electron chi connectivity index (χ3n) is 4.04. The molecule has 1 atom stereocenters. The van der Waals surface area contributed by atoms with Crippen LogP contribution in [0.2, 0.25) is 0 Å². The van der Waals surface area contributed by atoms with Gasteiger partial charge in [-0.25, -0.2) is 0 Å². The molecule has 0 spiro atoms. The smallest absolute Gasteiger partial charge is 0.119 e. The molecule has 0 heterocycles. The molecule has 0 fully saturated rings. The van der Waals surface area contributed by atoms with Crippen LogP contribution in [0.15, 0.2) is 18.2 Å². The van der Waals surface area contributed by atoms with Gasteiger partial charge in [0.05, 0.1) is 0 Å². The Balaban J connectivity index is 2.06. The summed E-state index contributed by atoms with van der Waals surface area (Å²) in [5.41, 5.74) is 2.48. The van der Waals surface area contributed by atoms with Gasteiger partial charge in [-0.05, 0) is 62.4 Å². The molecule has 1 N–H and O–H groups in total. The minimum absolute atomic E-state index is 0.471. The third-order valence-corrected chi connectivity index (χ3v) is 4.30. The van der Waals surface area contributed by atoms with Crippen molar-refractivity contribution in [1.29, 1.82) is 0 Å². The Morgan fingerprint density at radius 2 is 2.21 bits per heavy atom. The highest BCUT2D eigenvalue weighted by molar-refractivity contribution is 6.17. The number of aromatic hydroxyl groups is 1. The molecule has 106 valence electrons. The van der Waals surface area contributed by atoms with Crippen molar-refractivity contribution in [3.63, 3.8) is 0 Å². The number of alkyl halides is 1. The molecular weight excluding hydrogens is 258 g/mol. The van der Waals surface area contributed by atoms with E-state index in [1.165, 1.54) is 12.0 Å². The van der Waals surface area contributed by atoms with Crippen molar-refractivity contribution in [3.05, 3.63) is 29.3 Å². The highest BCUT2D eigenvalue weighted by Gasteiger charge is 2.24. The van der Waals surface area contributed by atoms with E-state index in [2.05, 4.69) is 17.9 Å². The summed E-state index contributed by atoms with van der Waals surface area (Å²) in [4.78, 5) is 2.58. The van der Waals surface area contributed by atoms with Gasteiger partial charge in [-0.2, -0.15) is 0 Å². The largest absolute Gasteiger partial charge is 0.508 e. The number of hydrogen-bond acceptors (Lipinski definition) is 2. The van der Waals surface area contributed by atoms with Crippen LogP contribution in [-0.2, 0) is 12.8 Å². The molecular formula is C16H24ClNO. The Morgan fingerprint density at radius 3 is 2.95 bits per heavy atom. The molecule has 1 aromatic rings. The first kappa shape index (κ1) is 14.7. The quantitative estimate of drug-likeness (QED) is 0.806. The van der Waals surface area contributed by atoms with E-state index in [1.807, 2.05) is 6.07 Å². The summed E-state index contributed by atoms with van der Waals surface area (Å²) < 4.78 is 0. The van der Waals surface area contributed by atoms with Crippen LogP contribution in [0.5, 0.6) is 5.75 Å². The number of benzene rings is 1. The van der Waals surface area contributed by atoms with Crippen LogP contribution in [0.4, 0.5) is 0 Å². The summed E-state index contributed by atoms with van der Waals surface area (Å²) in [5, 5.41) is 9.89. The van der Waals surface area contributed by atoms with Gasteiger partial charge in [0.1, 0.15) is 5.75 Å². The van der Waals surface area contributed by atoms with Crippen LogP contribution in [0.3, 0.4) is 0 Å². The van der Waals surface area contributed by atoms with Gasteiger partial charge in [-0.1, -0.05) is 19.1 Å². The van der Waals surface area contributed by atoms with E-state index in [-0.39, 0.29) is 0 Å². The first-order chi connectivity index (χ1) is 9.26. The molecule has 2 rings (SSSR count). The Labute approximate surface area is 121 Å². The first-order valence-electron chi connectivity index (χ1n) is 7.36. The van der Waals surface area contributed by atoms with E-state index in [9.17, 15) is 5.11 Å². The van der Waals surface area contributed by atoms with Crippen molar-refractivity contribution in [1.82, 2.24) is 4.90 Å². The molecule has 2 nitrogen and oxygen atoms in total. The van der Waals surface area contributed by atoms with Crippen LogP contribution in [0.25, 0.3) is 0 Å². The number of phenolic OH excluding ortho intramolecular Hbond substituents is 1. The molecule has 0 radical (unpaired) electrons. The number of halogens is 1. The Kier molecular flexibility index (Phi) is 5.53. The molecule has 0 bridgehead atoms. The fraction of sp³-hybridized carbons (Fsp3) is 0.625. The maximum absolute atomic E-state index is 9.89. The lowest BCUT2D eigenvalue weighted by Crippen LogP contribution is -2.40. The monoisotopic (exact) mass is 281 g/mol. The van der Waals surface area contributed by atoms with Gasteiger partial charge in [-0.15, -0.1) is 11.6 Å². The molecule has 0 unspecified atom stereocenters. The van der Waals surface area contributed by atoms with Gasteiger partial charge in [0.2, 0.25) is 0 Å². The normalized spacial score (nSPS) is 18.6.